The average Bonchev–Trinajstić information content (AvgIpc) is 3.17. The van der Waals surface area contributed by atoms with E-state index in [4.69, 9.17) is 4.74 Å². The maximum absolute atomic E-state index is 12.3. The van der Waals surface area contributed by atoms with Crippen molar-refractivity contribution in [1.29, 1.82) is 0 Å². The van der Waals surface area contributed by atoms with Crippen molar-refractivity contribution in [2.45, 2.75) is 52.0 Å². The Bertz CT molecular complexity index is 680. The van der Waals surface area contributed by atoms with Gasteiger partial charge < -0.3 is 15.0 Å². The zero-order valence-corrected chi connectivity index (χ0v) is 13.9. The molecule has 2 heterocycles. The van der Waals surface area contributed by atoms with E-state index in [1.807, 2.05) is 19.2 Å². The second-order valence-corrected chi connectivity index (χ2v) is 6.32. The monoisotopic (exact) mass is 315 g/mol. The van der Waals surface area contributed by atoms with Crippen LogP contribution in [0, 0.1) is 5.92 Å². The van der Waals surface area contributed by atoms with Gasteiger partial charge in [-0.05, 0) is 38.2 Å². The normalized spacial score (nSPS) is 20.8. The van der Waals surface area contributed by atoms with Crippen molar-refractivity contribution in [3.8, 4) is 0 Å². The second kappa shape index (κ2) is 7.02. The van der Waals surface area contributed by atoms with E-state index in [1.165, 1.54) is 25.7 Å². The Morgan fingerprint density at radius 3 is 3.09 bits per heavy atom. The molecule has 0 amide bonds. The van der Waals surface area contributed by atoms with E-state index in [0.717, 1.165) is 29.1 Å². The van der Waals surface area contributed by atoms with E-state index in [2.05, 4.69) is 22.2 Å². The molecular weight excluding hydrogens is 290 g/mol. The SMILES string of the molecule is CCCC1CCC(Nc2c(C(=O)OCC)cnc3[nH]ccc23)C1. The molecule has 2 unspecified atom stereocenters. The summed E-state index contributed by atoms with van der Waals surface area (Å²) in [7, 11) is 0. The topological polar surface area (TPSA) is 67.0 Å². The molecule has 2 aromatic rings. The van der Waals surface area contributed by atoms with Crippen LogP contribution < -0.4 is 5.32 Å². The molecule has 5 nitrogen and oxygen atoms in total. The fourth-order valence-corrected chi connectivity index (χ4v) is 3.61. The van der Waals surface area contributed by atoms with Gasteiger partial charge in [0.1, 0.15) is 11.2 Å². The molecule has 0 aromatic carbocycles. The van der Waals surface area contributed by atoms with E-state index >= 15 is 0 Å². The van der Waals surface area contributed by atoms with E-state index in [9.17, 15) is 4.79 Å². The number of hydrogen-bond donors (Lipinski definition) is 2. The van der Waals surface area contributed by atoms with Crippen LogP contribution in [-0.4, -0.2) is 28.6 Å². The number of nitrogens with one attached hydrogen (secondary N) is 2. The van der Waals surface area contributed by atoms with Gasteiger partial charge in [-0.25, -0.2) is 9.78 Å². The first-order valence-electron chi connectivity index (χ1n) is 8.62. The van der Waals surface area contributed by atoms with Crippen LogP contribution in [0.3, 0.4) is 0 Å². The third kappa shape index (κ3) is 3.33. The Morgan fingerprint density at radius 1 is 1.43 bits per heavy atom. The number of aromatic nitrogens is 2. The zero-order chi connectivity index (χ0) is 16.2. The molecule has 0 radical (unpaired) electrons. The van der Waals surface area contributed by atoms with Gasteiger partial charge in [0.15, 0.2) is 0 Å². The minimum absolute atomic E-state index is 0.311. The first-order valence-corrected chi connectivity index (χ1v) is 8.62. The minimum Gasteiger partial charge on any atom is -0.462 e. The maximum atomic E-state index is 12.3. The summed E-state index contributed by atoms with van der Waals surface area (Å²) in [6.07, 6.45) is 9.58. The van der Waals surface area contributed by atoms with Gasteiger partial charge in [-0.2, -0.15) is 0 Å². The third-order valence-electron chi connectivity index (χ3n) is 4.67. The van der Waals surface area contributed by atoms with Crippen LogP contribution in [0.15, 0.2) is 18.5 Å². The van der Waals surface area contributed by atoms with Gasteiger partial charge in [0.05, 0.1) is 12.3 Å². The number of carbonyl (C=O) groups is 1. The van der Waals surface area contributed by atoms with Crippen molar-refractivity contribution in [3.05, 3.63) is 24.0 Å². The van der Waals surface area contributed by atoms with Crippen molar-refractivity contribution in [2.24, 2.45) is 5.92 Å². The number of H-pyrrole nitrogens is 1. The summed E-state index contributed by atoms with van der Waals surface area (Å²) >= 11 is 0. The summed E-state index contributed by atoms with van der Waals surface area (Å²) in [5.74, 6) is 0.487. The largest absolute Gasteiger partial charge is 0.462 e. The van der Waals surface area contributed by atoms with E-state index in [-0.39, 0.29) is 5.97 Å². The van der Waals surface area contributed by atoms with Crippen molar-refractivity contribution in [2.75, 3.05) is 11.9 Å². The number of hydrogen-bond acceptors (Lipinski definition) is 4. The number of rotatable bonds is 6. The number of ether oxygens (including phenoxy) is 1. The summed E-state index contributed by atoms with van der Waals surface area (Å²) in [5.41, 5.74) is 2.18. The predicted octanol–water partition coefficient (Wildman–Crippen LogP) is 4.12. The third-order valence-corrected chi connectivity index (χ3v) is 4.67. The van der Waals surface area contributed by atoms with Crippen LogP contribution in [0.1, 0.15) is 56.3 Å². The standard InChI is InChI=1S/C18H25N3O2/c1-3-5-12-6-7-13(10-12)21-16-14-8-9-19-17(14)20-11-15(16)18(22)23-4-2/h8-9,11-13H,3-7,10H2,1-2H3,(H2,19,20,21). The summed E-state index contributed by atoms with van der Waals surface area (Å²) < 4.78 is 5.19. The number of fused-ring (bicyclic) bond motifs is 1. The molecule has 2 atom stereocenters. The average molecular weight is 315 g/mol. The lowest BCUT2D eigenvalue weighted by Gasteiger charge is -2.18. The van der Waals surface area contributed by atoms with Gasteiger partial charge in [-0.15, -0.1) is 0 Å². The lowest BCUT2D eigenvalue weighted by Crippen LogP contribution is -2.19. The van der Waals surface area contributed by atoms with Crippen molar-refractivity contribution >= 4 is 22.7 Å². The second-order valence-electron chi connectivity index (χ2n) is 6.32. The van der Waals surface area contributed by atoms with Gasteiger partial charge in [0, 0.05) is 23.8 Å². The minimum atomic E-state index is -0.311. The highest BCUT2D eigenvalue weighted by Crippen LogP contribution is 2.34. The quantitative estimate of drug-likeness (QED) is 0.787. The maximum Gasteiger partial charge on any atom is 0.341 e. The van der Waals surface area contributed by atoms with Gasteiger partial charge in [-0.3, -0.25) is 0 Å². The van der Waals surface area contributed by atoms with Gasteiger partial charge in [-0.1, -0.05) is 19.8 Å². The van der Waals surface area contributed by atoms with E-state index in [0.29, 0.717) is 18.2 Å². The first kappa shape index (κ1) is 15.8. The van der Waals surface area contributed by atoms with Crippen molar-refractivity contribution in [3.63, 3.8) is 0 Å². The first-order chi connectivity index (χ1) is 11.2. The molecule has 3 rings (SSSR count). The molecular formula is C18H25N3O2. The highest BCUT2D eigenvalue weighted by Gasteiger charge is 2.26. The Morgan fingerprint density at radius 2 is 2.30 bits per heavy atom. The summed E-state index contributed by atoms with van der Waals surface area (Å²) in [5, 5.41) is 4.56. The Labute approximate surface area is 136 Å². The molecule has 1 aliphatic rings. The number of carbonyl (C=O) groups excluding carboxylic acids is 1. The van der Waals surface area contributed by atoms with Crippen LogP contribution in [0.2, 0.25) is 0 Å². The van der Waals surface area contributed by atoms with Gasteiger partial charge in [0.25, 0.3) is 0 Å². The summed E-state index contributed by atoms with van der Waals surface area (Å²) in [4.78, 5) is 19.7. The number of anilines is 1. The molecule has 5 heteroatoms. The van der Waals surface area contributed by atoms with Gasteiger partial charge >= 0.3 is 5.97 Å². The number of aromatic amines is 1. The van der Waals surface area contributed by atoms with Gasteiger partial charge in [0.2, 0.25) is 0 Å². The molecule has 2 aromatic heterocycles. The summed E-state index contributed by atoms with van der Waals surface area (Å²) in [6, 6.07) is 2.38. The highest BCUT2D eigenvalue weighted by atomic mass is 16.5. The molecule has 1 fully saturated rings. The number of nitrogens with zero attached hydrogens (tertiary/aromatic N) is 1. The molecule has 1 saturated carbocycles. The molecule has 0 bridgehead atoms. The van der Waals surface area contributed by atoms with Crippen molar-refractivity contribution in [1.82, 2.24) is 9.97 Å². The van der Waals surface area contributed by atoms with Crippen LogP contribution in [0.5, 0.6) is 0 Å². The lowest BCUT2D eigenvalue weighted by atomic mass is 10.0. The smallest absolute Gasteiger partial charge is 0.341 e. The molecule has 124 valence electrons. The Balaban J connectivity index is 1.87. The molecule has 0 saturated heterocycles. The highest BCUT2D eigenvalue weighted by molar-refractivity contribution is 6.04. The van der Waals surface area contributed by atoms with Crippen LogP contribution in [-0.2, 0) is 4.74 Å². The van der Waals surface area contributed by atoms with Crippen LogP contribution in [0.25, 0.3) is 11.0 Å². The molecule has 23 heavy (non-hydrogen) atoms. The van der Waals surface area contributed by atoms with Crippen LogP contribution >= 0.6 is 0 Å². The molecule has 0 spiro atoms. The molecule has 1 aliphatic carbocycles. The Kier molecular flexibility index (Phi) is 4.84. The molecule has 0 aliphatic heterocycles. The number of pyridine rings is 1. The summed E-state index contributed by atoms with van der Waals surface area (Å²) in [6.45, 7) is 4.43. The predicted molar refractivity (Wildman–Crippen MR) is 91.7 cm³/mol. The van der Waals surface area contributed by atoms with Crippen LogP contribution in [0.4, 0.5) is 5.69 Å². The lowest BCUT2D eigenvalue weighted by molar-refractivity contribution is 0.0527. The van der Waals surface area contributed by atoms with E-state index < -0.39 is 0 Å². The number of esters is 1. The van der Waals surface area contributed by atoms with Crippen molar-refractivity contribution < 1.29 is 9.53 Å². The van der Waals surface area contributed by atoms with E-state index in [1.54, 1.807) is 6.20 Å². The zero-order valence-electron chi connectivity index (χ0n) is 13.9. The fourth-order valence-electron chi connectivity index (χ4n) is 3.61. The fraction of sp³-hybridized carbons (Fsp3) is 0.556. The Hall–Kier alpha value is -2.04. The molecule has 2 N–H and O–H groups in total.